The molecule has 0 amide bonds. The number of halogens is 2. The maximum Gasteiger partial charge on any atom is 0.280 e. The molecule has 26 heavy (non-hydrogen) atoms. The molecule has 0 aromatic carbocycles. The van der Waals surface area contributed by atoms with Crippen LogP contribution in [0.25, 0.3) is 11.4 Å². The Bertz CT molecular complexity index is 905. The first-order chi connectivity index (χ1) is 12.4. The fraction of sp³-hybridized carbons (Fsp3) is 0.211. The summed E-state index contributed by atoms with van der Waals surface area (Å²) in [6.45, 7) is 7.09. The van der Waals surface area contributed by atoms with Gasteiger partial charge in [0.1, 0.15) is 11.8 Å². The fourth-order valence-corrected chi connectivity index (χ4v) is 2.35. The third kappa shape index (κ3) is 3.92. The molecule has 0 spiro atoms. The molecule has 2 aromatic rings. The van der Waals surface area contributed by atoms with E-state index in [4.69, 9.17) is 5.26 Å². The molecular weight excluding hydrogens is 338 g/mol. The van der Waals surface area contributed by atoms with Gasteiger partial charge in [-0.3, -0.25) is 0 Å². The van der Waals surface area contributed by atoms with E-state index in [0.717, 1.165) is 10.7 Å². The predicted molar refractivity (Wildman–Crippen MR) is 94.7 cm³/mol. The van der Waals surface area contributed by atoms with Gasteiger partial charge in [0.05, 0.1) is 11.8 Å². The average molecular weight is 356 g/mol. The number of aliphatic hydroxyl groups is 1. The van der Waals surface area contributed by atoms with E-state index in [1.54, 1.807) is 36.4 Å². The van der Waals surface area contributed by atoms with Gasteiger partial charge in [0.25, 0.3) is 6.43 Å². The highest BCUT2D eigenvalue weighted by atomic mass is 19.3. The molecule has 1 atom stereocenters. The summed E-state index contributed by atoms with van der Waals surface area (Å²) in [6.07, 6.45) is 3.18. The zero-order chi connectivity index (χ0) is 19.3. The van der Waals surface area contributed by atoms with E-state index in [2.05, 4.69) is 16.7 Å². The Balaban J connectivity index is 2.74. The van der Waals surface area contributed by atoms with Crippen LogP contribution in [0, 0.1) is 11.3 Å². The van der Waals surface area contributed by atoms with Crippen molar-refractivity contribution in [1.29, 1.82) is 5.26 Å². The van der Waals surface area contributed by atoms with Gasteiger partial charge in [-0.2, -0.15) is 10.4 Å². The lowest BCUT2D eigenvalue weighted by Gasteiger charge is -2.15. The summed E-state index contributed by atoms with van der Waals surface area (Å²) in [4.78, 5) is 4.40. The van der Waals surface area contributed by atoms with Crippen LogP contribution in [0.5, 0.6) is 0 Å². The van der Waals surface area contributed by atoms with Gasteiger partial charge in [-0.05, 0) is 25.5 Å². The molecule has 5 nitrogen and oxygen atoms in total. The lowest BCUT2D eigenvalue weighted by Crippen LogP contribution is -2.11. The van der Waals surface area contributed by atoms with Crippen LogP contribution in [0.15, 0.2) is 49.1 Å². The second-order valence-electron chi connectivity index (χ2n) is 5.42. The van der Waals surface area contributed by atoms with E-state index in [1.807, 2.05) is 13.0 Å². The van der Waals surface area contributed by atoms with Crippen molar-refractivity contribution in [3.05, 3.63) is 71.7 Å². The molecule has 0 fully saturated rings. The first-order valence-electron chi connectivity index (χ1n) is 7.86. The topological polar surface area (TPSA) is 74.7 Å². The van der Waals surface area contributed by atoms with E-state index in [-0.39, 0.29) is 11.5 Å². The Kier molecular flexibility index (Phi) is 6.15. The van der Waals surface area contributed by atoms with Crippen molar-refractivity contribution < 1.29 is 13.9 Å². The number of hydrogen-bond acceptors (Lipinski definition) is 4. The predicted octanol–water partition coefficient (Wildman–Crippen LogP) is 4.28. The van der Waals surface area contributed by atoms with Gasteiger partial charge in [0.15, 0.2) is 11.5 Å². The van der Waals surface area contributed by atoms with Crippen molar-refractivity contribution in [3.63, 3.8) is 0 Å². The van der Waals surface area contributed by atoms with Crippen LogP contribution in [0.1, 0.15) is 49.0 Å². The Hall–Kier alpha value is -3.11. The monoisotopic (exact) mass is 356 g/mol. The molecule has 0 aliphatic carbocycles. The van der Waals surface area contributed by atoms with Crippen LogP contribution in [0.4, 0.5) is 8.78 Å². The molecule has 0 saturated carbocycles. The minimum atomic E-state index is -2.85. The number of pyridine rings is 1. The van der Waals surface area contributed by atoms with Crippen molar-refractivity contribution in [2.75, 3.05) is 0 Å². The van der Waals surface area contributed by atoms with Crippen LogP contribution in [0.2, 0.25) is 0 Å². The fourth-order valence-electron chi connectivity index (χ4n) is 2.35. The highest BCUT2D eigenvalue weighted by molar-refractivity contribution is 5.73. The Morgan fingerprint density at radius 1 is 1.42 bits per heavy atom. The lowest BCUT2D eigenvalue weighted by molar-refractivity contribution is 0.142. The van der Waals surface area contributed by atoms with Crippen molar-refractivity contribution in [1.82, 2.24) is 14.8 Å². The van der Waals surface area contributed by atoms with E-state index in [9.17, 15) is 13.9 Å². The first kappa shape index (κ1) is 19.2. The number of nitriles is 1. The van der Waals surface area contributed by atoms with Gasteiger partial charge in [0, 0.05) is 11.6 Å². The zero-order valence-corrected chi connectivity index (χ0v) is 14.4. The van der Waals surface area contributed by atoms with Gasteiger partial charge in [-0.25, -0.2) is 18.4 Å². The molecular formula is C19H18F2N4O. The second-order valence-corrected chi connectivity index (χ2v) is 5.42. The summed E-state index contributed by atoms with van der Waals surface area (Å²) < 4.78 is 27.7. The molecule has 0 radical (unpaired) electrons. The van der Waals surface area contributed by atoms with Crippen LogP contribution < -0.4 is 0 Å². The largest absolute Gasteiger partial charge is 0.389 e. The molecule has 0 saturated heterocycles. The SMILES string of the molecule is C=C/C(=C/C=C\C)c1ccc(C(C)O)c(-n2nc(C#N)cc2C(F)F)n1. The summed E-state index contributed by atoms with van der Waals surface area (Å²) in [5.41, 5.74) is 0.847. The maximum absolute atomic E-state index is 13.4. The molecule has 0 bridgehead atoms. The maximum atomic E-state index is 13.4. The van der Waals surface area contributed by atoms with Gasteiger partial charge >= 0.3 is 0 Å². The summed E-state index contributed by atoms with van der Waals surface area (Å²) in [5.74, 6) is 0.0440. The van der Waals surface area contributed by atoms with Crippen molar-refractivity contribution in [2.45, 2.75) is 26.4 Å². The van der Waals surface area contributed by atoms with Crippen molar-refractivity contribution >= 4 is 5.57 Å². The van der Waals surface area contributed by atoms with Crippen molar-refractivity contribution in [2.24, 2.45) is 0 Å². The Morgan fingerprint density at radius 3 is 2.69 bits per heavy atom. The Labute approximate surface area is 150 Å². The van der Waals surface area contributed by atoms with Gasteiger partial charge in [-0.15, -0.1) is 0 Å². The average Bonchev–Trinajstić information content (AvgIpc) is 3.06. The van der Waals surface area contributed by atoms with E-state index in [0.29, 0.717) is 16.8 Å². The molecule has 2 rings (SSSR count). The third-order valence-corrected chi connectivity index (χ3v) is 3.61. The minimum absolute atomic E-state index is 0.0440. The quantitative estimate of drug-likeness (QED) is 0.784. The van der Waals surface area contributed by atoms with Crippen molar-refractivity contribution in [3.8, 4) is 11.9 Å². The number of alkyl halides is 2. The summed E-state index contributed by atoms with van der Waals surface area (Å²) >= 11 is 0. The van der Waals surface area contributed by atoms with Crippen LogP contribution in [0.3, 0.4) is 0 Å². The lowest BCUT2D eigenvalue weighted by atomic mass is 10.1. The number of nitrogens with zero attached hydrogens (tertiary/aromatic N) is 4. The molecule has 0 aliphatic rings. The zero-order valence-electron chi connectivity index (χ0n) is 14.4. The van der Waals surface area contributed by atoms with Gasteiger partial charge in [-0.1, -0.05) is 36.9 Å². The molecule has 1 unspecified atom stereocenters. The third-order valence-electron chi connectivity index (χ3n) is 3.61. The van der Waals surface area contributed by atoms with E-state index in [1.165, 1.54) is 6.92 Å². The highest BCUT2D eigenvalue weighted by Gasteiger charge is 2.22. The summed E-state index contributed by atoms with van der Waals surface area (Å²) in [7, 11) is 0. The molecule has 134 valence electrons. The minimum Gasteiger partial charge on any atom is -0.389 e. The van der Waals surface area contributed by atoms with E-state index >= 15 is 0 Å². The summed E-state index contributed by atoms with van der Waals surface area (Å²) in [5, 5.41) is 22.9. The highest BCUT2D eigenvalue weighted by Crippen LogP contribution is 2.28. The number of rotatable bonds is 6. The molecule has 1 N–H and O–H groups in total. The van der Waals surface area contributed by atoms with Gasteiger partial charge in [0.2, 0.25) is 0 Å². The van der Waals surface area contributed by atoms with Crippen LogP contribution in [-0.4, -0.2) is 19.9 Å². The molecule has 2 aromatic heterocycles. The Morgan fingerprint density at radius 2 is 2.15 bits per heavy atom. The molecule has 7 heteroatoms. The number of aromatic nitrogens is 3. The second kappa shape index (κ2) is 8.32. The van der Waals surface area contributed by atoms with Crippen LogP contribution in [-0.2, 0) is 0 Å². The normalized spacial score (nSPS) is 13.2. The van der Waals surface area contributed by atoms with Gasteiger partial charge < -0.3 is 5.11 Å². The standard InChI is InChI=1S/C19H18F2N4O/c1-4-6-7-13(5-2)16-9-8-15(12(3)26)19(23-16)25-17(18(20)21)10-14(11-22)24-25/h4-10,12,18,26H,2H2,1,3H3/b6-4-,13-7-. The number of aliphatic hydroxyl groups excluding tert-OH is 1. The first-order valence-corrected chi connectivity index (χ1v) is 7.86. The molecule has 0 aliphatic heterocycles. The summed E-state index contributed by atoms with van der Waals surface area (Å²) in [6, 6.07) is 6.02. The van der Waals surface area contributed by atoms with E-state index < -0.39 is 18.2 Å². The van der Waals surface area contributed by atoms with Crippen LogP contribution >= 0.6 is 0 Å². The molecule has 2 heterocycles. The number of allylic oxidation sites excluding steroid dienone is 5. The number of hydrogen-bond donors (Lipinski definition) is 1. The smallest absolute Gasteiger partial charge is 0.280 e.